The van der Waals surface area contributed by atoms with Gasteiger partial charge in [-0.25, -0.2) is 13.4 Å². The smallest absolute Gasteiger partial charge is 0.245 e. The van der Waals surface area contributed by atoms with Crippen LogP contribution in [-0.4, -0.2) is 38.3 Å². The molecule has 7 heteroatoms. The lowest BCUT2D eigenvalue weighted by Crippen LogP contribution is -2.35. The second-order valence-electron chi connectivity index (χ2n) is 6.76. The van der Waals surface area contributed by atoms with E-state index in [9.17, 15) is 8.42 Å². The number of sulfonamides is 1. The van der Waals surface area contributed by atoms with Crippen LogP contribution in [0.25, 0.3) is 11.3 Å². The van der Waals surface area contributed by atoms with Crippen LogP contribution in [0.4, 0.5) is 5.82 Å². The van der Waals surface area contributed by atoms with Crippen LogP contribution in [0.5, 0.6) is 0 Å². The Balaban J connectivity index is 1.59. The minimum Gasteiger partial charge on any atom is -0.459 e. The van der Waals surface area contributed by atoms with E-state index in [4.69, 9.17) is 4.42 Å². The molecule has 0 unspecified atom stereocenters. The highest BCUT2D eigenvalue weighted by Crippen LogP contribution is 2.31. The summed E-state index contributed by atoms with van der Waals surface area (Å²) in [5, 5.41) is 0. The summed E-state index contributed by atoms with van der Waals surface area (Å²) in [5.74, 6) is 2.20. The van der Waals surface area contributed by atoms with Crippen LogP contribution in [0.1, 0.15) is 11.3 Å². The molecule has 6 nitrogen and oxygen atoms in total. The van der Waals surface area contributed by atoms with Crippen molar-refractivity contribution in [3.8, 4) is 11.3 Å². The van der Waals surface area contributed by atoms with Gasteiger partial charge in [-0.2, -0.15) is 4.31 Å². The predicted molar refractivity (Wildman–Crippen MR) is 104 cm³/mol. The van der Waals surface area contributed by atoms with E-state index in [-0.39, 0.29) is 11.4 Å². The normalized spacial score (nSPS) is 14.7. The molecule has 0 fully saturated rings. The maximum absolute atomic E-state index is 13.0. The summed E-state index contributed by atoms with van der Waals surface area (Å²) in [5.41, 5.74) is 2.06. The molecule has 0 atom stereocenters. The van der Waals surface area contributed by atoms with Crippen molar-refractivity contribution in [2.24, 2.45) is 0 Å². The summed E-state index contributed by atoms with van der Waals surface area (Å²) in [7, 11) is 0.120. The van der Waals surface area contributed by atoms with Crippen LogP contribution in [0.3, 0.4) is 0 Å². The van der Waals surface area contributed by atoms with E-state index >= 15 is 0 Å². The topological polar surface area (TPSA) is 66.7 Å². The zero-order chi connectivity index (χ0) is 19.0. The minimum absolute atomic E-state index is 0.200. The third-order valence-corrected chi connectivity index (χ3v) is 6.55. The molecule has 0 spiro atoms. The summed E-state index contributed by atoms with van der Waals surface area (Å²) in [6.45, 7) is 0.665. The van der Waals surface area contributed by atoms with Gasteiger partial charge in [0.2, 0.25) is 10.0 Å². The van der Waals surface area contributed by atoms with Crippen LogP contribution in [-0.2, 0) is 23.0 Å². The molecule has 140 valence electrons. The number of rotatable bonds is 4. The van der Waals surface area contributed by atoms with Crippen molar-refractivity contribution in [1.29, 1.82) is 0 Å². The van der Waals surface area contributed by atoms with Gasteiger partial charge in [-0.1, -0.05) is 30.3 Å². The summed E-state index contributed by atoms with van der Waals surface area (Å²) in [6.07, 6.45) is 2.05. The molecule has 4 rings (SSSR count). The van der Waals surface area contributed by atoms with Crippen LogP contribution >= 0.6 is 0 Å². The minimum atomic E-state index is -3.61. The highest BCUT2D eigenvalue weighted by Gasteiger charge is 2.31. The van der Waals surface area contributed by atoms with Crippen molar-refractivity contribution < 1.29 is 12.8 Å². The Morgan fingerprint density at radius 1 is 1.11 bits per heavy atom. The first-order chi connectivity index (χ1) is 12.9. The maximum atomic E-state index is 13.0. The van der Waals surface area contributed by atoms with Crippen molar-refractivity contribution in [3.05, 3.63) is 66.1 Å². The Morgan fingerprint density at radius 2 is 1.89 bits per heavy atom. The third kappa shape index (κ3) is 3.36. The van der Waals surface area contributed by atoms with Crippen LogP contribution in [0.15, 0.2) is 64.0 Å². The van der Waals surface area contributed by atoms with Gasteiger partial charge in [-0.3, -0.25) is 0 Å². The van der Waals surface area contributed by atoms with Crippen molar-refractivity contribution in [3.63, 3.8) is 0 Å². The quantitative estimate of drug-likeness (QED) is 0.692. The molecule has 3 aromatic rings. The van der Waals surface area contributed by atoms with Gasteiger partial charge >= 0.3 is 0 Å². The summed E-state index contributed by atoms with van der Waals surface area (Å²) >= 11 is 0. The SMILES string of the molecule is CN(C)c1ccc(S(=O)(=O)N2CCc3cc(-c4ccccc4)oc3C2)cn1. The Hall–Kier alpha value is -2.64. The molecule has 0 radical (unpaired) electrons. The van der Waals surface area contributed by atoms with Crippen molar-refractivity contribution >= 4 is 15.8 Å². The summed E-state index contributed by atoms with van der Waals surface area (Å²) in [6, 6.07) is 15.2. The molecule has 1 aliphatic rings. The van der Waals surface area contributed by atoms with Gasteiger partial charge in [0.25, 0.3) is 0 Å². The number of furan rings is 1. The molecule has 0 saturated carbocycles. The Morgan fingerprint density at radius 3 is 2.56 bits per heavy atom. The van der Waals surface area contributed by atoms with E-state index in [1.54, 1.807) is 12.1 Å². The van der Waals surface area contributed by atoms with Crippen molar-refractivity contribution in [2.75, 3.05) is 25.5 Å². The molecule has 3 heterocycles. The zero-order valence-electron chi connectivity index (χ0n) is 15.3. The van der Waals surface area contributed by atoms with Gasteiger partial charge in [0, 0.05) is 32.4 Å². The number of fused-ring (bicyclic) bond motifs is 1. The Kier molecular flexibility index (Phi) is 4.49. The lowest BCUT2D eigenvalue weighted by atomic mass is 10.1. The Bertz CT molecular complexity index is 1040. The maximum Gasteiger partial charge on any atom is 0.245 e. The summed E-state index contributed by atoms with van der Waals surface area (Å²) < 4.78 is 33.4. The zero-order valence-corrected chi connectivity index (χ0v) is 16.1. The fraction of sp³-hybridized carbons (Fsp3) is 0.250. The van der Waals surface area contributed by atoms with E-state index in [1.165, 1.54) is 10.5 Å². The monoisotopic (exact) mass is 383 g/mol. The largest absolute Gasteiger partial charge is 0.459 e. The van der Waals surface area contributed by atoms with E-state index in [0.29, 0.717) is 24.5 Å². The van der Waals surface area contributed by atoms with E-state index in [2.05, 4.69) is 4.98 Å². The van der Waals surface area contributed by atoms with Crippen LogP contribution in [0.2, 0.25) is 0 Å². The molecule has 0 amide bonds. The number of aromatic nitrogens is 1. The van der Waals surface area contributed by atoms with Crippen LogP contribution in [0, 0.1) is 0 Å². The number of benzene rings is 1. The van der Waals surface area contributed by atoms with Gasteiger partial charge in [-0.05, 0) is 30.2 Å². The average Bonchev–Trinajstić information content (AvgIpc) is 3.12. The molecule has 0 saturated heterocycles. The van der Waals surface area contributed by atoms with Gasteiger partial charge in [-0.15, -0.1) is 0 Å². The predicted octanol–water partition coefficient (Wildman–Crippen LogP) is 3.15. The fourth-order valence-corrected chi connectivity index (χ4v) is 4.53. The van der Waals surface area contributed by atoms with E-state index in [0.717, 1.165) is 16.9 Å². The first-order valence-corrected chi connectivity index (χ1v) is 10.2. The molecule has 27 heavy (non-hydrogen) atoms. The van der Waals surface area contributed by atoms with Gasteiger partial charge in [0.15, 0.2) is 0 Å². The lowest BCUT2D eigenvalue weighted by Gasteiger charge is -2.25. The van der Waals surface area contributed by atoms with Gasteiger partial charge < -0.3 is 9.32 Å². The highest BCUT2D eigenvalue weighted by atomic mass is 32.2. The number of anilines is 1. The molecular weight excluding hydrogens is 362 g/mol. The highest BCUT2D eigenvalue weighted by molar-refractivity contribution is 7.89. The molecule has 1 aliphatic heterocycles. The third-order valence-electron chi connectivity index (χ3n) is 4.72. The van der Waals surface area contributed by atoms with Crippen molar-refractivity contribution in [1.82, 2.24) is 9.29 Å². The molecule has 0 N–H and O–H groups in total. The average molecular weight is 383 g/mol. The van der Waals surface area contributed by atoms with E-state index in [1.807, 2.05) is 55.4 Å². The summed E-state index contributed by atoms with van der Waals surface area (Å²) in [4.78, 5) is 6.26. The fourth-order valence-electron chi connectivity index (χ4n) is 3.18. The second-order valence-corrected chi connectivity index (χ2v) is 8.70. The standard InChI is InChI=1S/C20H21N3O3S/c1-22(2)20-9-8-17(13-21-20)27(24,25)23-11-10-16-12-18(26-19(16)14-23)15-6-4-3-5-7-15/h3-9,12-13H,10-11,14H2,1-2H3. The number of hydrogen-bond donors (Lipinski definition) is 0. The van der Waals surface area contributed by atoms with Gasteiger partial charge in [0.1, 0.15) is 22.2 Å². The molecule has 0 bridgehead atoms. The lowest BCUT2D eigenvalue weighted by molar-refractivity contribution is 0.346. The molecule has 2 aromatic heterocycles. The molecule has 0 aliphatic carbocycles. The number of pyridine rings is 1. The Labute approximate surface area is 159 Å². The first kappa shape index (κ1) is 17.8. The van der Waals surface area contributed by atoms with Crippen molar-refractivity contribution in [2.45, 2.75) is 17.9 Å². The van der Waals surface area contributed by atoms with Gasteiger partial charge in [0.05, 0.1) is 6.54 Å². The molecular formula is C20H21N3O3S. The number of hydrogen-bond acceptors (Lipinski definition) is 5. The first-order valence-electron chi connectivity index (χ1n) is 8.76. The van der Waals surface area contributed by atoms with E-state index < -0.39 is 10.0 Å². The second kappa shape index (κ2) is 6.83. The number of nitrogens with zero attached hydrogens (tertiary/aromatic N) is 3. The molecule has 1 aromatic carbocycles. The van der Waals surface area contributed by atoms with Crippen LogP contribution < -0.4 is 4.90 Å².